The van der Waals surface area contributed by atoms with Gasteiger partial charge in [-0.05, 0) is 56.0 Å². The zero-order chi connectivity index (χ0) is 23.0. The number of nitrogens with zero attached hydrogens (tertiary/aromatic N) is 3. The van der Waals surface area contributed by atoms with Crippen molar-refractivity contribution in [3.8, 4) is 11.8 Å². The number of hydrogen-bond acceptors (Lipinski definition) is 5. The molecule has 0 spiro atoms. The number of nitriles is 1. The van der Waals surface area contributed by atoms with E-state index in [1.54, 1.807) is 0 Å². The summed E-state index contributed by atoms with van der Waals surface area (Å²) in [5.41, 5.74) is -0.768. The van der Waals surface area contributed by atoms with E-state index >= 15 is 0 Å². The van der Waals surface area contributed by atoms with E-state index in [1.807, 2.05) is 0 Å². The van der Waals surface area contributed by atoms with Crippen molar-refractivity contribution in [3.05, 3.63) is 53.2 Å². The van der Waals surface area contributed by atoms with Gasteiger partial charge in [-0.2, -0.15) is 23.5 Å². The Balaban J connectivity index is 1.83. The van der Waals surface area contributed by atoms with E-state index in [2.05, 4.69) is 16.5 Å². The fraction of sp³-hybridized carbons (Fsp3) is 0.318. The number of benzene rings is 2. The van der Waals surface area contributed by atoms with Gasteiger partial charge in [0.1, 0.15) is 6.07 Å². The number of rotatable bonds is 4. The summed E-state index contributed by atoms with van der Waals surface area (Å²) in [6.07, 6.45) is -2.57. The summed E-state index contributed by atoms with van der Waals surface area (Å²) in [7, 11) is 0. The van der Waals surface area contributed by atoms with Gasteiger partial charge in [-0.3, -0.25) is 0 Å². The topological polar surface area (TPSA) is 111 Å². The first-order valence-corrected chi connectivity index (χ1v) is 10.0. The Morgan fingerprint density at radius 2 is 1.91 bits per heavy atom. The number of nitrogens with one attached hydrogen (secondary N) is 1. The normalized spacial score (nSPS) is 19.0. The summed E-state index contributed by atoms with van der Waals surface area (Å²) in [5.74, 6) is -1.48. The van der Waals surface area contributed by atoms with E-state index in [1.165, 1.54) is 30.3 Å². The highest BCUT2D eigenvalue weighted by molar-refractivity contribution is 6.04. The van der Waals surface area contributed by atoms with Gasteiger partial charge < -0.3 is 15.5 Å². The van der Waals surface area contributed by atoms with Gasteiger partial charge in [0.15, 0.2) is 5.69 Å². The van der Waals surface area contributed by atoms with Gasteiger partial charge in [-0.1, -0.05) is 6.07 Å². The number of fused-ring (bicyclic) bond motifs is 1. The number of alkyl halides is 3. The van der Waals surface area contributed by atoms with Crippen LogP contribution < -0.4 is 5.32 Å². The number of carboxylic acids is 1. The van der Waals surface area contributed by atoms with Gasteiger partial charge in [0.05, 0.1) is 34.1 Å². The van der Waals surface area contributed by atoms with Crippen LogP contribution in [0.25, 0.3) is 16.6 Å². The van der Waals surface area contributed by atoms with Crippen LogP contribution in [0.2, 0.25) is 0 Å². The fourth-order valence-electron chi connectivity index (χ4n) is 4.06. The van der Waals surface area contributed by atoms with Crippen molar-refractivity contribution < 1.29 is 28.2 Å². The molecule has 166 valence electrons. The molecule has 7 nitrogen and oxygen atoms in total. The summed E-state index contributed by atoms with van der Waals surface area (Å²) in [6, 6.07) is 10.4. The largest absolute Gasteiger partial charge is 0.478 e. The average Bonchev–Trinajstić information content (AvgIpc) is 3.15. The number of aromatic carboxylic acids is 1. The molecule has 32 heavy (non-hydrogen) atoms. The van der Waals surface area contributed by atoms with Crippen molar-refractivity contribution >= 4 is 22.6 Å². The van der Waals surface area contributed by atoms with Gasteiger partial charge in [0.2, 0.25) is 0 Å². The van der Waals surface area contributed by atoms with Crippen LogP contribution in [-0.4, -0.2) is 38.1 Å². The molecule has 0 radical (unpaired) electrons. The molecule has 1 aromatic heterocycles. The number of carboxylic acid groups (broad SMARTS) is 1. The lowest BCUT2D eigenvalue weighted by atomic mass is 9.93. The Hall–Kier alpha value is -3.58. The van der Waals surface area contributed by atoms with Crippen molar-refractivity contribution in [3.63, 3.8) is 0 Å². The van der Waals surface area contributed by atoms with Crippen molar-refractivity contribution in [2.24, 2.45) is 0 Å². The molecule has 10 heteroatoms. The summed E-state index contributed by atoms with van der Waals surface area (Å²) in [4.78, 5) is 11.6. The minimum absolute atomic E-state index is 0.00586. The second kappa shape index (κ2) is 8.16. The lowest BCUT2D eigenvalue weighted by Gasteiger charge is -2.27. The molecule has 0 atom stereocenters. The van der Waals surface area contributed by atoms with Gasteiger partial charge in [-0.25, -0.2) is 9.48 Å². The standard InChI is InChI=1S/C22H19F3N4O3/c23-22(24,25)20-19-16(21(31)32)2-1-3-18(19)29(28-20)14-7-4-12(11-26)17(10-14)27-13-5-8-15(30)9-6-13/h1-4,7,10,13,15,27,30H,5-6,8-9H2,(H,31,32). The van der Waals surface area contributed by atoms with E-state index in [9.17, 15) is 33.4 Å². The SMILES string of the molecule is N#Cc1ccc(-n2nc(C(F)(F)F)c3c(C(=O)O)cccc32)cc1NC1CCC(O)CC1. The molecule has 0 bridgehead atoms. The summed E-state index contributed by atoms with van der Waals surface area (Å²) in [6.45, 7) is 0. The van der Waals surface area contributed by atoms with Gasteiger partial charge >= 0.3 is 12.1 Å². The first-order valence-electron chi connectivity index (χ1n) is 10.0. The second-order valence-electron chi connectivity index (χ2n) is 7.75. The van der Waals surface area contributed by atoms with E-state index in [0.29, 0.717) is 36.9 Å². The third kappa shape index (κ3) is 3.99. The predicted octanol–water partition coefficient (Wildman–Crippen LogP) is 4.33. The summed E-state index contributed by atoms with van der Waals surface area (Å²) in [5, 5.41) is 35.0. The van der Waals surface area contributed by atoms with Gasteiger partial charge in [-0.15, -0.1) is 0 Å². The molecular weight excluding hydrogens is 425 g/mol. The van der Waals surface area contributed by atoms with Gasteiger partial charge in [0, 0.05) is 11.4 Å². The number of carbonyl (C=O) groups is 1. The number of anilines is 1. The van der Waals surface area contributed by atoms with Crippen LogP contribution in [0.4, 0.5) is 18.9 Å². The Labute approximate surface area is 180 Å². The number of aliphatic hydroxyl groups excluding tert-OH is 1. The van der Waals surface area contributed by atoms with Crippen molar-refractivity contribution in [2.45, 2.75) is 44.0 Å². The second-order valence-corrected chi connectivity index (χ2v) is 7.75. The number of halogens is 3. The van der Waals surface area contributed by atoms with Crippen LogP contribution in [0, 0.1) is 11.3 Å². The van der Waals surface area contributed by atoms with Crippen LogP contribution >= 0.6 is 0 Å². The fourth-order valence-corrected chi connectivity index (χ4v) is 4.06. The van der Waals surface area contributed by atoms with E-state index in [0.717, 1.165) is 10.7 Å². The highest BCUT2D eigenvalue weighted by atomic mass is 19.4. The molecule has 1 aliphatic rings. The molecule has 1 saturated carbocycles. The Bertz CT molecular complexity index is 1220. The molecular formula is C22H19F3N4O3. The third-order valence-corrected chi connectivity index (χ3v) is 5.63. The number of aliphatic hydroxyl groups is 1. The third-order valence-electron chi connectivity index (χ3n) is 5.63. The molecule has 0 amide bonds. The minimum atomic E-state index is -4.86. The lowest BCUT2D eigenvalue weighted by molar-refractivity contribution is -0.140. The molecule has 3 aromatic rings. The Morgan fingerprint density at radius 1 is 1.19 bits per heavy atom. The molecule has 0 saturated heterocycles. The predicted molar refractivity (Wildman–Crippen MR) is 110 cm³/mol. The van der Waals surface area contributed by atoms with E-state index in [4.69, 9.17) is 0 Å². The van der Waals surface area contributed by atoms with Crippen LogP contribution in [0.15, 0.2) is 36.4 Å². The van der Waals surface area contributed by atoms with E-state index < -0.39 is 28.8 Å². The maximum atomic E-state index is 13.7. The molecule has 1 aliphatic carbocycles. The molecule has 1 fully saturated rings. The zero-order valence-electron chi connectivity index (χ0n) is 16.7. The lowest BCUT2D eigenvalue weighted by Crippen LogP contribution is -2.28. The monoisotopic (exact) mass is 444 g/mol. The molecule has 3 N–H and O–H groups in total. The Kier molecular flexibility index (Phi) is 5.52. The van der Waals surface area contributed by atoms with Crippen LogP contribution in [0.1, 0.15) is 47.3 Å². The molecule has 4 rings (SSSR count). The van der Waals surface area contributed by atoms with Crippen molar-refractivity contribution in [1.82, 2.24) is 9.78 Å². The average molecular weight is 444 g/mol. The van der Waals surface area contributed by atoms with Crippen molar-refractivity contribution in [1.29, 1.82) is 5.26 Å². The highest BCUT2D eigenvalue weighted by Crippen LogP contribution is 2.37. The summed E-state index contributed by atoms with van der Waals surface area (Å²) < 4.78 is 42.1. The zero-order valence-corrected chi connectivity index (χ0v) is 16.7. The minimum Gasteiger partial charge on any atom is -0.478 e. The maximum absolute atomic E-state index is 13.7. The summed E-state index contributed by atoms with van der Waals surface area (Å²) >= 11 is 0. The first kappa shape index (κ1) is 21.6. The molecule has 0 aliphatic heterocycles. The quantitative estimate of drug-likeness (QED) is 0.552. The highest BCUT2D eigenvalue weighted by Gasteiger charge is 2.38. The maximum Gasteiger partial charge on any atom is 0.435 e. The van der Waals surface area contributed by atoms with Crippen LogP contribution in [0.5, 0.6) is 0 Å². The van der Waals surface area contributed by atoms with Crippen LogP contribution in [0.3, 0.4) is 0 Å². The van der Waals surface area contributed by atoms with Crippen LogP contribution in [-0.2, 0) is 6.18 Å². The first-order chi connectivity index (χ1) is 15.2. The molecule has 0 unspecified atom stereocenters. The Morgan fingerprint density at radius 3 is 2.53 bits per heavy atom. The number of aromatic nitrogens is 2. The van der Waals surface area contributed by atoms with Gasteiger partial charge in [0.25, 0.3) is 0 Å². The molecule has 2 aromatic carbocycles. The van der Waals surface area contributed by atoms with Crippen molar-refractivity contribution in [2.75, 3.05) is 5.32 Å². The smallest absolute Gasteiger partial charge is 0.435 e. The number of hydrogen-bond donors (Lipinski definition) is 3. The molecule has 1 heterocycles. The van der Waals surface area contributed by atoms with E-state index in [-0.39, 0.29) is 23.3 Å².